The third-order valence-electron chi connectivity index (χ3n) is 5.98. The van der Waals surface area contributed by atoms with Crippen LogP contribution < -0.4 is 0 Å². The number of thiophene rings is 1. The number of rotatable bonds is 5. The van der Waals surface area contributed by atoms with Gasteiger partial charge in [0.2, 0.25) is 5.89 Å². The van der Waals surface area contributed by atoms with E-state index >= 15 is 0 Å². The zero-order valence-electron chi connectivity index (χ0n) is 18.0. The molecule has 0 N–H and O–H groups in total. The molecule has 10 heteroatoms. The average Bonchev–Trinajstić information content (AvgIpc) is 3.55. The highest BCUT2D eigenvalue weighted by molar-refractivity contribution is 7.91. The van der Waals surface area contributed by atoms with Gasteiger partial charge in [-0.25, -0.2) is 8.42 Å². The highest BCUT2D eigenvalue weighted by Crippen LogP contribution is 2.32. The molecule has 2 aliphatic heterocycles. The second-order valence-electron chi connectivity index (χ2n) is 8.13. The Labute approximate surface area is 196 Å². The molecule has 4 heterocycles. The summed E-state index contributed by atoms with van der Waals surface area (Å²) < 4.78 is 33.6. The Bertz CT molecular complexity index is 1270. The van der Waals surface area contributed by atoms with Gasteiger partial charge in [-0.05, 0) is 42.9 Å². The molecule has 3 aromatic rings. The molecule has 1 aromatic carbocycles. The summed E-state index contributed by atoms with van der Waals surface area (Å²) in [6.45, 7) is 2.13. The fourth-order valence-electron chi connectivity index (χ4n) is 4.13. The molecule has 5 rings (SSSR count). The van der Waals surface area contributed by atoms with Gasteiger partial charge in [0.1, 0.15) is 4.21 Å². The third-order valence-corrected chi connectivity index (χ3v) is 9.26. The van der Waals surface area contributed by atoms with Crippen molar-refractivity contribution in [1.29, 1.82) is 0 Å². The summed E-state index contributed by atoms with van der Waals surface area (Å²) >= 11 is 1.11. The quantitative estimate of drug-likeness (QED) is 0.545. The number of benzene rings is 1. The normalized spacial score (nSPS) is 17.7. The maximum atomic E-state index is 13.2. The number of aromatic nitrogens is 2. The lowest BCUT2D eigenvalue weighted by atomic mass is 10.0. The Balaban J connectivity index is 1.30. The van der Waals surface area contributed by atoms with E-state index in [9.17, 15) is 13.2 Å². The van der Waals surface area contributed by atoms with Gasteiger partial charge in [-0.15, -0.1) is 21.5 Å². The van der Waals surface area contributed by atoms with E-state index in [2.05, 4.69) is 10.2 Å². The molecule has 8 nitrogen and oxygen atoms in total. The second kappa shape index (κ2) is 9.20. The molecule has 0 unspecified atom stereocenters. The molecule has 0 atom stereocenters. The van der Waals surface area contributed by atoms with Crippen molar-refractivity contribution in [3.63, 3.8) is 0 Å². The van der Waals surface area contributed by atoms with E-state index in [1.54, 1.807) is 16.3 Å². The number of hydrogen-bond acceptors (Lipinski definition) is 7. The molecule has 1 saturated heterocycles. The number of sulfonamides is 1. The standard InChI is InChI=1S/C23H24N4O4S2/c28-23(26-11-5-2-6-12-26)22-25-24-21(31-22)19-15-20(32-16-19)33(29,30)27-13-9-18(10-14-27)17-7-3-1-4-8-17/h1,3-4,7-9,15-16H,2,5-6,10-14H2. The van der Waals surface area contributed by atoms with Crippen molar-refractivity contribution < 1.29 is 17.6 Å². The molecule has 2 aliphatic rings. The topological polar surface area (TPSA) is 96.6 Å². The molecule has 0 saturated carbocycles. The van der Waals surface area contributed by atoms with Crippen molar-refractivity contribution in [3.8, 4) is 11.5 Å². The highest BCUT2D eigenvalue weighted by Gasteiger charge is 2.29. The fourth-order valence-corrected chi connectivity index (χ4v) is 6.82. The Morgan fingerprint density at radius 1 is 1.00 bits per heavy atom. The van der Waals surface area contributed by atoms with Gasteiger partial charge in [0.05, 0.1) is 5.56 Å². The first-order valence-corrected chi connectivity index (χ1v) is 13.3. The zero-order valence-corrected chi connectivity index (χ0v) is 19.6. The minimum atomic E-state index is -3.64. The summed E-state index contributed by atoms with van der Waals surface area (Å²) in [4.78, 5) is 14.3. The Kier molecular flexibility index (Phi) is 6.13. The number of amides is 1. The Morgan fingerprint density at radius 3 is 2.52 bits per heavy atom. The van der Waals surface area contributed by atoms with Crippen molar-refractivity contribution in [2.45, 2.75) is 29.9 Å². The summed E-state index contributed by atoms with van der Waals surface area (Å²) in [6, 6.07) is 11.5. The van der Waals surface area contributed by atoms with Gasteiger partial charge in [-0.1, -0.05) is 36.4 Å². The van der Waals surface area contributed by atoms with Gasteiger partial charge in [-0.2, -0.15) is 4.31 Å². The van der Waals surface area contributed by atoms with Crippen LogP contribution in [-0.2, 0) is 10.0 Å². The minimum Gasteiger partial charge on any atom is -0.412 e. The van der Waals surface area contributed by atoms with Crippen LogP contribution in [-0.4, -0.2) is 59.9 Å². The van der Waals surface area contributed by atoms with Crippen LogP contribution in [0.4, 0.5) is 0 Å². The molecule has 0 aliphatic carbocycles. The van der Waals surface area contributed by atoms with E-state index in [0.29, 0.717) is 38.2 Å². The van der Waals surface area contributed by atoms with E-state index < -0.39 is 10.0 Å². The number of carbonyl (C=O) groups is 1. The molecule has 0 spiro atoms. The number of carbonyl (C=O) groups excluding carboxylic acids is 1. The van der Waals surface area contributed by atoms with Gasteiger partial charge in [-0.3, -0.25) is 4.79 Å². The predicted octanol–water partition coefficient (Wildman–Crippen LogP) is 3.90. The summed E-state index contributed by atoms with van der Waals surface area (Å²) in [5.74, 6) is -0.180. The van der Waals surface area contributed by atoms with Crippen LogP contribution >= 0.6 is 11.3 Å². The van der Waals surface area contributed by atoms with Crippen LogP contribution in [0.1, 0.15) is 41.9 Å². The smallest absolute Gasteiger partial charge is 0.311 e. The summed E-state index contributed by atoms with van der Waals surface area (Å²) in [5.41, 5.74) is 2.78. The van der Waals surface area contributed by atoms with Crippen LogP contribution in [0.3, 0.4) is 0 Å². The van der Waals surface area contributed by atoms with E-state index in [-0.39, 0.29) is 21.9 Å². The molecule has 0 bridgehead atoms. The molecule has 0 radical (unpaired) electrons. The molecule has 33 heavy (non-hydrogen) atoms. The molecular formula is C23H24N4O4S2. The predicted molar refractivity (Wildman–Crippen MR) is 125 cm³/mol. The molecule has 1 fully saturated rings. The van der Waals surface area contributed by atoms with Gasteiger partial charge >= 0.3 is 11.8 Å². The van der Waals surface area contributed by atoms with Crippen LogP contribution in [0.15, 0.2) is 56.5 Å². The molecular weight excluding hydrogens is 460 g/mol. The fraction of sp³-hybridized carbons (Fsp3) is 0.348. The Hall–Kier alpha value is -2.82. The second-order valence-corrected chi connectivity index (χ2v) is 11.2. The van der Waals surface area contributed by atoms with Crippen molar-refractivity contribution in [2.24, 2.45) is 0 Å². The Morgan fingerprint density at radius 2 is 1.79 bits per heavy atom. The van der Waals surface area contributed by atoms with Crippen molar-refractivity contribution >= 4 is 32.8 Å². The van der Waals surface area contributed by atoms with Crippen molar-refractivity contribution in [1.82, 2.24) is 19.4 Å². The lowest BCUT2D eigenvalue weighted by Crippen LogP contribution is -2.35. The average molecular weight is 485 g/mol. The summed E-state index contributed by atoms with van der Waals surface area (Å²) in [6.07, 6.45) is 5.69. The first-order valence-electron chi connectivity index (χ1n) is 11.0. The molecule has 172 valence electrons. The van der Waals surface area contributed by atoms with Gasteiger partial charge in [0.15, 0.2) is 0 Å². The maximum Gasteiger partial charge on any atom is 0.311 e. The first-order chi connectivity index (χ1) is 16.0. The lowest BCUT2D eigenvalue weighted by molar-refractivity contribution is 0.0684. The van der Waals surface area contributed by atoms with Crippen LogP contribution in [0.2, 0.25) is 0 Å². The number of nitrogens with zero attached hydrogens (tertiary/aromatic N) is 4. The third kappa shape index (κ3) is 4.50. The lowest BCUT2D eigenvalue weighted by Gasteiger charge is -2.25. The molecule has 1 amide bonds. The van der Waals surface area contributed by atoms with Crippen LogP contribution in [0.25, 0.3) is 17.0 Å². The van der Waals surface area contributed by atoms with Crippen molar-refractivity contribution in [2.75, 3.05) is 26.2 Å². The monoisotopic (exact) mass is 484 g/mol. The summed E-state index contributed by atoms with van der Waals surface area (Å²) in [7, 11) is -3.64. The van der Waals surface area contributed by atoms with E-state index in [0.717, 1.165) is 41.7 Å². The van der Waals surface area contributed by atoms with E-state index in [4.69, 9.17) is 4.42 Å². The molecule has 2 aromatic heterocycles. The van der Waals surface area contributed by atoms with Crippen LogP contribution in [0.5, 0.6) is 0 Å². The minimum absolute atomic E-state index is 0.0582. The van der Waals surface area contributed by atoms with Crippen molar-refractivity contribution in [3.05, 3.63) is 59.3 Å². The zero-order chi connectivity index (χ0) is 22.8. The summed E-state index contributed by atoms with van der Waals surface area (Å²) in [5, 5.41) is 9.54. The largest absolute Gasteiger partial charge is 0.412 e. The number of likely N-dealkylation sites (tertiary alicyclic amines) is 1. The maximum absolute atomic E-state index is 13.2. The van der Waals surface area contributed by atoms with E-state index in [1.165, 1.54) is 4.31 Å². The number of hydrogen-bond donors (Lipinski definition) is 0. The number of piperidine rings is 1. The van der Waals surface area contributed by atoms with Gasteiger partial charge < -0.3 is 9.32 Å². The van der Waals surface area contributed by atoms with Crippen LogP contribution in [0, 0.1) is 0 Å². The van der Waals surface area contributed by atoms with E-state index in [1.807, 2.05) is 36.4 Å². The van der Waals surface area contributed by atoms with Gasteiger partial charge in [0, 0.05) is 31.6 Å². The van der Waals surface area contributed by atoms with Gasteiger partial charge in [0.25, 0.3) is 10.0 Å². The SMILES string of the molecule is O=C(c1nnc(-c2csc(S(=O)(=O)N3CC=C(c4ccccc4)CC3)c2)o1)N1CCCCC1. The highest BCUT2D eigenvalue weighted by atomic mass is 32.2. The first kappa shape index (κ1) is 22.0.